The van der Waals surface area contributed by atoms with Crippen molar-refractivity contribution in [2.45, 2.75) is 26.4 Å². The van der Waals surface area contributed by atoms with Crippen LogP contribution >= 0.6 is 0 Å². The highest BCUT2D eigenvalue weighted by molar-refractivity contribution is 5.75. The predicted octanol–water partition coefficient (Wildman–Crippen LogP) is -3.59. The normalized spacial score (nSPS) is 9.21. The maximum Gasteiger partial charge on any atom is 0.321 e. The van der Waals surface area contributed by atoms with Gasteiger partial charge in [-0.05, 0) is 49.0 Å². The predicted molar refractivity (Wildman–Crippen MR) is 95.7 cm³/mol. The number of esters is 1. The van der Waals surface area contributed by atoms with Gasteiger partial charge in [0.05, 0.1) is 6.54 Å². The second kappa shape index (κ2) is 23.9. The van der Waals surface area contributed by atoms with Crippen LogP contribution in [-0.4, -0.2) is 58.8 Å². The smallest absolute Gasteiger partial charge is 0.321 e. The van der Waals surface area contributed by atoms with Crippen molar-refractivity contribution >= 4 is 11.9 Å². The minimum absolute atomic E-state index is 0.177. The van der Waals surface area contributed by atoms with E-state index in [1.54, 1.807) is 28.2 Å². The molecular formula is C12H37N9O3. The monoisotopic (exact) mass is 355 g/mol. The van der Waals surface area contributed by atoms with Crippen LogP contribution < -0.4 is 50.0 Å². The first kappa shape index (κ1) is 30.5. The lowest BCUT2D eigenvalue weighted by molar-refractivity contribution is -0.153. The Morgan fingerprint density at radius 2 is 1.21 bits per heavy atom. The van der Waals surface area contributed by atoms with Crippen molar-refractivity contribution in [3.05, 3.63) is 0 Å². The van der Waals surface area contributed by atoms with Crippen LogP contribution in [0, 0.1) is 0 Å². The molecule has 0 aliphatic heterocycles. The maximum absolute atomic E-state index is 10.9. The summed E-state index contributed by atoms with van der Waals surface area (Å²) in [6.07, 6.45) is 0. The average molecular weight is 355 g/mol. The van der Waals surface area contributed by atoms with Gasteiger partial charge < -0.3 is 10.5 Å². The van der Waals surface area contributed by atoms with Crippen LogP contribution in [0.4, 0.5) is 0 Å². The summed E-state index contributed by atoms with van der Waals surface area (Å²) in [6.45, 7) is 5.88. The first-order valence-corrected chi connectivity index (χ1v) is 7.10. The maximum atomic E-state index is 10.9. The Labute approximate surface area is 144 Å². The molecule has 0 heterocycles. The molecule has 0 aromatic heterocycles. The topological polar surface area (TPSA) is 194 Å². The van der Waals surface area contributed by atoms with Crippen LogP contribution in [0.1, 0.15) is 20.8 Å². The van der Waals surface area contributed by atoms with Gasteiger partial charge in [-0.1, -0.05) is 0 Å². The first-order chi connectivity index (χ1) is 11.1. The Morgan fingerprint density at radius 3 is 1.42 bits per heavy atom. The van der Waals surface area contributed by atoms with Gasteiger partial charge in [-0.3, -0.25) is 43.0 Å². The summed E-state index contributed by atoms with van der Waals surface area (Å²) in [7, 11) is 6.67. The summed E-state index contributed by atoms with van der Waals surface area (Å²) >= 11 is 0. The summed E-state index contributed by atoms with van der Waals surface area (Å²) < 4.78 is 5.00. The fourth-order valence-corrected chi connectivity index (χ4v) is 0.714. The van der Waals surface area contributed by atoms with Gasteiger partial charge in [0.15, 0.2) is 0 Å². The van der Waals surface area contributed by atoms with E-state index < -0.39 is 5.60 Å². The van der Waals surface area contributed by atoms with Crippen LogP contribution in [0.15, 0.2) is 0 Å². The number of nitrogens with one attached hydrogen (secondary N) is 6. The Balaban J connectivity index is -0.000000131. The zero-order valence-electron chi connectivity index (χ0n) is 15.9. The molecule has 148 valence electrons. The number of hydrogen-bond acceptors (Lipinski definition) is 11. The summed E-state index contributed by atoms with van der Waals surface area (Å²) in [5, 5.41) is 0. The molecule has 0 aliphatic carbocycles. The summed E-state index contributed by atoms with van der Waals surface area (Å²) in [5.74, 6) is 8.57. The van der Waals surface area contributed by atoms with Gasteiger partial charge in [0.25, 0.3) is 0 Å². The molecule has 0 saturated heterocycles. The molecule has 0 bridgehead atoms. The fraction of sp³-hybridized carbons (Fsp3) is 0.833. The lowest BCUT2D eigenvalue weighted by Crippen LogP contribution is -2.36. The van der Waals surface area contributed by atoms with Gasteiger partial charge in [0.2, 0.25) is 5.91 Å². The van der Waals surface area contributed by atoms with Crippen molar-refractivity contribution in [3.63, 3.8) is 0 Å². The number of carbonyl (C=O) groups excluding carboxylic acids is 2. The third-order valence-corrected chi connectivity index (χ3v) is 1.27. The Bertz CT molecular complexity index is 271. The minimum Gasteiger partial charge on any atom is -0.459 e. The number of nitrogens with two attached hydrogens (primary N) is 3. The van der Waals surface area contributed by atoms with E-state index in [2.05, 4.69) is 44.2 Å². The number of rotatable bonds is 6. The number of primary amides is 1. The van der Waals surface area contributed by atoms with E-state index >= 15 is 0 Å². The minimum atomic E-state index is -0.396. The van der Waals surface area contributed by atoms with Gasteiger partial charge in [-0.2, -0.15) is 0 Å². The second-order valence-corrected chi connectivity index (χ2v) is 4.84. The summed E-state index contributed by atoms with van der Waals surface area (Å²) in [6, 6.07) is 0. The van der Waals surface area contributed by atoms with E-state index in [0.717, 1.165) is 0 Å². The molecule has 0 atom stereocenters. The van der Waals surface area contributed by atoms with Crippen molar-refractivity contribution in [2.24, 2.45) is 17.4 Å². The molecule has 0 rings (SSSR count). The van der Waals surface area contributed by atoms with Crippen LogP contribution in [0.25, 0.3) is 0 Å². The summed E-state index contributed by atoms with van der Waals surface area (Å²) in [4.78, 5) is 20.8. The van der Waals surface area contributed by atoms with Crippen molar-refractivity contribution in [1.29, 1.82) is 0 Å². The molecule has 12 heteroatoms. The number of carbonyl (C=O) groups is 2. The fourth-order valence-electron chi connectivity index (χ4n) is 0.714. The van der Waals surface area contributed by atoms with Gasteiger partial charge in [0, 0.05) is 0 Å². The van der Waals surface area contributed by atoms with Crippen LogP contribution in [0.2, 0.25) is 0 Å². The largest absolute Gasteiger partial charge is 0.459 e. The van der Waals surface area contributed by atoms with Gasteiger partial charge in [-0.25, -0.2) is 10.9 Å². The molecule has 0 aromatic carbocycles. The zero-order valence-corrected chi connectivity index (χ0v) is 15.9. The van der Waals surface area contributed by atoms with Crippen LogP contribution in [-0.2, 0) is 14.3 Å². The Kier molecular flexibility index (Phi) is 30.3. The quantitative estimate of drug-likeness (QED) is 0.130. The molecule has 24 heavy (non-hydrogen) atoms. The lowest BCUT2D eigenvalue weighted by atomic mass is 10.2. The van der Waals surface area contributed by atoms with Gasteiger partial charge in [-0.15, -0.1) is 0 Å². The highest BCUT2D eigenvalue weighted by Crippen LogP contribution is 2.05. The van der Waals surface area contributed by atoms with Crippen LogP contribution in [0.3, 0.4) is 0 Å². The van der Waals surface area contributed by atoms with E-state index in [-0.39, 0.29) is 25.0 Å². The van der Waals surface area contributed by atoms with E-state index in [0.29, 0.717) is 0 Å². The van der Waals surface area contributed by atoms with Crippen molar-refractivity contribution in [3.8, 4) is 0 Å². The van der Waals surface area contributed by atoms with Gasteiger partial charge >= 0.3 is 5.97 Å². The summed E-state index contributed by atoms with van der Waals surface area (Å²) in [5.41, 5.74) is 19.2. The molecular weight excluding hydrogens is 318 g/mol. The highest BCUT2D eigenvalue weighted by atomic mass is 16.6. The molecule has 0 spiro atoms. The molecule has 0 saturated carbocycles. The van der Waals surface area contributed by atoms with E-state index in [1.807, 2.05) is 20.8 Å². The van der Waals surface area contributed by atoms with Crippen LogP contribution in [0.5, 0.6) is 0 Å². The van der Waals surface area contributed by atoms with Gasteiger partial charge in [0.1, 0.15) is 12.1 Å². The number of ether oxygens (including phenoxy) is 1. The average Bonchev–Trinajstić information content (AvgIpc) is 2.43. The molecule has 12 nitrogen and oxygen atoms in total. The van der Waals surface area contributed by atoms with E-state index in [9.17, 15) is 9.59 Å². The lowest BCUT2D eigenvalue weighted by Gasteiger charge is -2.19. The Morgan fingerprint density at radius 1 is 0.875 bits per heavy atom. The number of hydrogen-bond donors (Lipinski definition) is 9. The zero-order chi connectivity index (χ0) is 20.0. The van der Waals surface area contributed by atoms with Crippen molar-refractivity contribution in [2.75, 3.05) is 41.3 Å². The van der Waals surface area contributed by atoms with Crippen molar-refractivity contribution < 1.29 is 14.3 Å². The van der Waals surface area contributed by atoms with E-state index in [4.69, 9.17) is 10.5 Å². The highest BCUT2D eigenvalue weighted by Gasteiger charge is 2.15. The first-order valence-electron chi connectivity index (χ1n) is 7.10. The third kappa shape index (κ3) is 58.8. The molecule has 0 unspecified atom stereocenters. The second-order valence-electron chi connectivity index (χ2n) is 4.84. The molecule has 0 aromatic rings. The molecule has 1 amide bonds. The standard InChI is InChI=1S/C7H16N2O2.C3H9N3O.2CH6N2/c1-7(2,3)11-6(10)5-9-8-4;1-5-6-2-3(4)7;2*1-3-2/h8-9H,5H2,1-4H3;5-6H,2H2,1H3,(H2,4,7);2*3H,2H2,1H3. The number of amides is 1. The SMILES string of the molecule is CNN.CNN.CNNCC(=O)OC(C)(C)C.CNNCC(N)=O. The van der Waals surface area contributed by atoms with E-state index in [1.165, 1.54) is 0 Å². The molecule has 12 N–H and O–H groups in total. The number of hydrazine groups is 4. The molecule has 0 fully saturated rings. The third-order valence-electron chi connectivity index (χ3n) is 1.27. The van der Waals surface area contributed by atoms with Crippen molar-refractivity contribution in [1.82, 2.24) is 32.6 Å². The molecule has 0 radical (unpaired) electrons. The molecule has 0 aliphatic rings. The Hall–Kier alpha value is -1.38.